The van der Waals surface area contributed by atoms with Crippen molar-refractivity contribution < 1.29 is 48.3 Å². The van der Waals surface area contributed by atoms with E-state index in [4.69, 9.17) is 19.0 Å². The Morgan fingerprint density at radius 3 is 2.42 bits per heavy atom. The number of aromatic nitrogens is 1. The van der Waals surface area contributed by atoms with Crippen LogP contribution in [-0.4, -0.2) is 68.1 Å². The molecule has 3 aromatic rings. The zero-order valence-corrected chi connectivity index (χ0v) is 17.2. The van der Waals surface area contributed by atoms with E-state index in [9.17, 15) is 29.3 Å². The highest BCUT2D eigenvalue weighted by Crippen LogP contribution is 2.29. The van der Waals surface area contributed by atoms with Gasteiger partial charge in [0.25, 0.3) is 0 Å². The van der Waals surface area contributed by atoms with Crippen LogP contribution in [0.5, 0.6) is 0 Å². The topological polar surface area (TPSA) is 160 Å². The van der Waals surface area contributed by atoms with Crippen LogP contribution in [0, 0.1) is 5.82 Å². The van der Waals surface area contributed by atoms with Gasteiger partial charge in [-0.15, -0.1) is 0 Å². The van der Waals surface area contributed by atoms with E-state index in [2.05, 4.69) is 4.98 Å². The van der Waals surface area contributed by atoms with Crippen molar-refractivity contribution in [2.24, 2.45) is 0 Å². The molecule has 6 atom stereocenters. The van der Waals surface area contributed by atoms with E-state index >= 15 is 0 Å². The molecule has 0 radical (unpaired) electrons. The summed E-state index contributed by atoms with van der Waals surface area (Å²) >= 11 is 0. The molecule has 0 spiro atoms. The molecule has 2 aromatic carbocycles. The number of fused-ring (bicyclic) bond motifs is 1. The number of carbonyl (C=O) groups is 2. The maximum Gasteiger partial charge on any atom is 0.335 e. The van der Waals surface area contributed by atoms with E-state index in [1.807, 2.05) is 0 Å². The second-order valence-corrected chi connectivity index (χ2v) is 7.65. The lowest BCUT2D eigenvalue weighted by molar-refractivity contribution is -0.286. The van der Waals surface area contributed by atoms with E-state index in [-0.39, 0.29) is 5.89 Å². The molecule has 10 nitrogen and oxygen atoms in total. The molecule has 2 heterocycles. The number of oxazole rings is 1. The van der Waals surface area contributed by atoms with E-state index in [1.54, 1.807) is 18.2 Å². The predicted molar refractivity (Wildman–Crippen MR) is 108 cm³/mol. The third-order valence-corrected chi connectivity index (χ3v) is 5.40. The monoisotopic (exact) mass is 461 g/mol. The van der Waals surface area contributed by atoms with Crippen molar-refractivity contribution in [1.82, 2.24) is 4.98 Å². The third kappa shape index (κ3) is 4.44. The fraction of sp³-hybridized carbons (Fsp3) is 0.318. The van der Waals surface area contributed by atoms with E-state index in [1.165, 1.54) is 31.2 Å². The number of nitrogens with zero attached hydrogens (tertiary/aromatic N) is 1. The minimum Gasteiger partial charge on any atom is -0.479 e. The van der Waals surface area contributed by atoms with Crippen LogP contribution in [0.3, 0.4) is 0 Å². The van der Waals surface area contributed by atoms with Crippen molar-refractivity contribution in [3.63, 3.8) is 0 Å². The Labute approximate surface area is 185 Å². The number of hydrogen-bond acceptors (Lipinski definition) is 9. The maximum atomic E-state index is 13.1. The Hall–Kier alpha value is -3.38. The van der Waals surface area contributed by atoms with Gasteiger partial charge in [-0.3, -0.25) is 4.79 Å². The summed E-state index contributed by atoms with van der Waals surface area (Å²) in [6.07, 6.45) is -9.30. The second kappa shape index (κ2) is 8.87. The van der Waals surface area contributed by atoms with Gasteiger partial charge < -0.3 is 34.3 Å². The molecule has 0 saturated carbocycles. The average molecular weight is 461 g/mol. The van der Waals surface area contributed by atoms with Crippen LogP contribution in [0.2, 0.25) is 0 Å². The summed E-state index contributed by atoms with van der Waals surface area (Å²) in [5.41, 5.74) is 1.92. The summed E-state index contributed by atoms with van der Waals surface area (Å²) in [6.45, 7) is 1.51. The Balaban J connectivity index is 1.51. The average Bonchev–Trinajstić information content (AvgIpc) is 3.22. The summed E-state index contributed by atoms with van der Waals surface area (Å²) in [5.74, 6) is -3.47. The lowest BCUT2D eigenvalue weighted by Gasteiger charge is -2.38. The van der Waals surface area contributed by atoms with Crippen LogP contribution in [0.4, 0.5) is 4.39 Å². The Morgan fingerprint density at radius 2 is 1.76 bits per heavy atom. The first-order chi connectivity index (χ1) is 15.7. The number of aliphatic carboxylic acids is 1. The van der Waals surface area contributed by atoms with E-state index in [0.29, 0.717) is 22.2 Å². The van der Waals surface area contributed by atoms with Crippen molar-refractivity contribution in [2.45, 2.75) is 43.5 Å². The second-order valence-electron chi connectivity index (χ2n) is 7.65. The number of rotatable bonds is 5. The van der Waals surface area contributed by atoms with Gasteiger partial charge in [-0.2, -0.15) is 0 Å². The highest BCUT2D eigenvalue weighted by molar-refractivity contribution is 5.82. The number of aliphatic hydroxyl groups is 3. The number of benzene rings is 2. The first kappa shape index (κ1) is 22.8. The molecule has 33 heavy (non-hydrogen) atoms. The summed E-state index contributed by atoms with van der Waals surface area (Å²) in [7, 11) is 0. The zero-order valence-electron chi connectivity index (χ0n) is 17.2. The van der Waals surface area contributed by atoms with Crippen molar-refractivity contribution in [3.8, 4) is 11.5 Å². The first-order valence-corrected chi connectivity index (χ1v) is 9.95. The van der Waals surface area contributed by atoms with Gasteiger partial charge in [0, 0.05) is 5.56 Å². The molecular formula is C22H20FNO9. The van der Waals surface area contributed by atoms with Crippen LogP contribution in [0.1, 0.15) is 18.4 Å². The number of aliphatic hydroxyl groups excluding tert-OH is 3. The minimum atomic E-state index is -1.89. The molecular weight excluding hydrogens is 441 g/mol. The van der Waals surface area contributed by atoms with Gasteiger partial charge in [0.2, 0.25) is 12.2 Å². The normalized spacial score (nSPS) is 26.2. The molecule has 1 saturated heterocycles. The lowest BCUT2D eigenvalue weighted by Crippen LogP contribution is -2.60. The van der Waals surface area contributed by atoms with Crippen LogP contribution in [0.25, 0.3) is 22.6 Å². The summed E-state index contributed by atoms with van der Waals surface area (Å²) < 4.78 is 28.9. The number of ether oxygens (including phenoxy) is 2. The fourth-order valence-corrected chi connectivity index (χ4v) is 3.43. The molecule has 0 bridgehead atoms. The highest BCUT2D eigenvalue weighted by Gasteiger charge is 2.48. The number of esters is 1. The van der Waals surface area contributed by atoms with Crippen LogP contribution in [-0.2, 0) is 19.1 Å². The van der Waals surface area contributed by atoms with Gasteiger partial charge in [-0.25, -0.2) is 14.2 Å². The van der Waals surface area contributed by atoms with Gasteiger partial charge in [0.15, 0.2) is 11.7 Å². The maximum absolute atomic E-state index is 13.1. The number of halogens is 1. The molecule has 0 unspecified atom stereocenters. The molecule has 174 valence electrons. The molecule has 4 N–H and O–H groups in total. The summed E-state index contributed by atoms with van der Waals surface area (Å²) in [6, 6.07) is 10.4. The van der Waals surface area contributed by atoms with Gasteiger partial charge in [0.1, 0.15) is 29.6 Å². The molecule has 11 heteroatoms. The standard InChI is InChI=1S/C22H20FNO9/c1-9(21(30)33-22-17(27)15(25)16(26)18(32-22)20(28)29)11-4-7-14-13(8-11)24-19(31-14)10-2-5-12(23)6-3-10/h2-9,15-18,22,25-27H,1H3,(H,28,29)/t9-,15-,16-,17+,18-,22-/m0/s1. The van der Waals surface area contributed by atoms with Crippen molar-refractivity contribution >= 4 is 23.0 Å². The zero-order chi connectivity index (χ0) is 23.9. The largest absolute Gasteiger partial charge is 0.479 e. The van der Waals surface area contributed by atoms with Crippen molar-refractivity contribution in [2.75, 3.05) is 0 Å². The van der Waals surface area contributed by atoms with Crippen molar-refractivity contribution in [3.05, 3.63) is 53.8 Å². The molecule has 1 aromatic heterocycles. The fourth-order valence-electron chi connectivity index (χ4n) is 3.43. The third-order valence-electron chi connectivity index (χ3n) is 5.40. The summed E-state index contributed by atoms with van der Waals surface area (Å²) in [5, 5.41) is 38.7. The van der Waals surface area contributed by atoms with Crippen LogP contribution >= 0.6 is 0 Å². The van der Waals surface area contributed by atoms with Crippen molar-refractivity contribution in [1.29, 1.82) is 0 Å². The van der Waals surface area contributed by atoms with Gasteiger partial charge in [-0.05, 0) is 48.9 Å². The highest BCUT2D eigenvalue weighted by atomic mass is 19.1. The Bertz CT molecular complexity index is 1180. The number of carboxylic acids is 1. The van der Waals surface area contributed by atoms with Gasteiger partial charge >= 0.3 is 11.9 Å². The molecule has 1 fully saturated rings. The van der Waals surface area contributed by atoms with E-state index in [0.717, 1.165) is 0 Å². The van der Waals surface area contributed by atoms with Gasteiger partial charge in [0.05, 0.1) is 5.92 Å². The van der Waals surface area contributed by atoms with E-state index < -0.39 is 54.4 Å². The van der Waals surface area contributed by atoms with Crippen LogP contribution in [0.15, 0.2) is 46.9 Å². The SMILES string of the molecule is C[C@H](C(=O)O[C@@H]1O[C@H](C(=O)O)[C@@H](O)[C@H](O)[C@H]1O)c1ccc2oc(-c3ccc(F)cc3)nc2c1. The first-order valence-electron chi connectivity index (χ1n) is 9.95. The van der Waals surface area contributed by atoms with Gasteiger partial charge in [-0.1, -0.05) is 6.07 Å². The minimum absolute atomic E-state index is 0.267. The molecule has 1 aliphatic heterocycles. The Morgan fingerprint density at radius 1 is 1.06 bits per heavy atom. The number of carboxylic acid groups (broad SMARTS) is 1. The lowest BCUT2D eigenvalue weighted by atomic mass is 9.98. The molecule has 4 rings (SSSR count). The number of carbonyl (C=O) groups excluding carboxylic acids is 1. The van der Waals surface area contributed by atoms with Crippen LogP contribution < -0.4 is 0 Å². The molecule has 0 aliphatic carbocycles. The predicted octanol–water partition coefficient (Wildman–Crippen LogP) is 1.17. The summed E-state index contributed by atoms with van der Waals surface area (Å²) in [4.78, 5) is 28.2. The molecule has 0 amide bonds. The number of hydrogen-bond donors (Lipinski definition) is 4. The smallest absolute Gasteiger partial charge is 0.335 e. The molecule has 1 aliphatic rings. The Kier molecular flexibility index (Phi) is 6.13. The quantitative estimate of drug-likeness (QED) is 0.406.